The van der Waals surface area contributed by atoms with Crippen LogP contribution in [0.4, 0.5) is 10.3 Å². The zero-order valence-electron chi connectivity index (χ0n) is 23.6. The van der Waals surface area contributed by atoms with Crippen molar-refractivity contribution in [3.05, 3.63) is 50.7 Å². The maximum Gasteiger partial charge on any atom is 0.223 e. The van der Waals surface area contributed by atoms with Gasteiger partial charge in [-0.1, -0.05) is 11.6 Å². The van der Waals surface area contributed by atoms with Gasteiger partial charge < -0.3 is 24.5 Å². The highest BCUT2D eigenvalue weighted by Gasteiger charge is 2.29. The summed E-state index contributed by atoms with van der Waals surface area (Å²) in [6, 6.07) is 3.46. The van der Waals surface area contributed by atoms with Crippen molar-refractivity contribution in [2.24, 2.45) is 0 Å². The molecule has 2 saturated heterocycles. The predicted molar refractivity (Wildman–Crippen MR) is 153 cm³/mol. The molecule has 5 rings (SSSR count). The molecule has 4 heterocycles. The van der Waals surface area contributed by atoms with E-state index in [0.29, 0.717) is 54.8 Å². The van der Waals surface area contributed by atoms with Crippen LogP contribution in [-0.2, 0) is 16.0 Å². The Bertz CT molecular complexity index is 1450. The summed E-state index contributed by atoms with van der Waals surface area (Å²) in [5.74, 6) is -0.458. The van der Waals surface area contributed by atoms with Crippen LogP contribution in [0.3, 0.4) is 0 Å². The van der Waals surface area contributed by atoms with Gasteiger partial charge in [0.2, 0.25) is 5.95 Å². The SMILES string of the molecule is Cc1c(CN2[C@H](C)COC[C@H]2C)n(C(C)C)c2cc(-c3nc(N[C@@H]4CCOC[C@H]4O)ncc3F)c(Cl)cc2c1=O. The molecular formula is C29H37ClFN5O4. The van der Waals surface area contributed by atoms with Gasteiger partial charge in [0, 0.05) is 53.5 Å². The Balaban J connectivity index is 1.63. The van der Waals surface area contributed by atoms with Crippen molar-refractivity contribution in [1.29, 1.82) is 0 Å². The highest BCUT2D eigenvalue weighted by molar-refractivity contribution is 6.34. The van der Waals surface area contributed by atoms with Gasteiger partial charge in [0.05, 0.1) is 48.7 Å². The van der Waals surface area contributed by atoms with Gasteiger partial charge in [0.1, 0.15) is 5.69 Å². The molecule has 0 amide bonds. The zero-order chi connectivity index (χ0) is 28.7. The average Bonchev–Trinajstić information content (AvgIpc) is 2.91. The molecular weight excluding hydrogens is 537 g/mol. The van der Waals surface area contributed by atoms with Gasteiger partial charge >= 0.3 is 0 Å². The van der Waals surface area contributed by atoms with Crippen LogP contribution in [0.5, 0.6) is 0 Å². The number of hydrogen-bond donors (Lipinski definition) is 2. The molecule has 2 aliphatic rings. The zero-order valence-corrected chi connectivity index (χ0v) is 24.3. The molecule has 0 aliphatic carbocycles. The Morgan fingerprint density at radius 1 is 1.20 bits per heavy atom. The Labute approximate surface area is 238 Å². The number of rotatable bonds is 6. The Hall–Kier alpha value is -2.63. The first-order valence-electron chi connectivity index (χ1n) is 13.8. The van der Waals surface area contributed by atoms with E-state index in [0.717, 1.165) is 11.9 Å². The number of morpholine rings is 1. The van der Waals surface area contributed by atoms with Crippen molar-refractivity contribution >= 4 is 28.5 Å². The highest BCUT2D eigenvalue weighted by atomic mass is 35.5. The van der Waals surface area contributed by atoms with Gasteiger partial charge in [-0.3, -0.25) is 9.69 Å². The number of hydrogen-bond acceptors (Lipinski definition) is 8. The van der Waals surface area contributed by atoms with E-state index in [1.807, 2.05) is 6.92 Å². The summed E-state index contributed by atoms with van der Waals surface area (Å²) >= 11 is 6.69. The number of aromatic nitrogens is 3. The maximum absolute atomic E-state index is 15.2. The molecule has 2 N–H and O–H groups in total. The van der Waals surface area contributed by atoms with E-state index < -0.39 is 11.9 Å². The van der Waals surface area contributed by atoms with Crippen LogP contribution in [0.2, 0.25) is 5.02 Å². The molecule has 1 aromatic carbocycles. The Morgan fingerprint density at radius 2 is 1.93 bits per heavy atom. The third-order valence-electron chi connectivity index (χ3n) is 7.99. The number of anilines is 1. The largest absolute Gasteiger partial charge is 0.389 e. The second kappa shape index (κ2) is 11.7. The van der Waals surface area contributed by atoms with E-state index in [4.69, 9.17) is 21.1 Å². The lowest BCUT2D eigenvalue weighted by Gasteiger charge is -2.39. The van der Waals surface area contributed by atoms with E-state index in [9.17, 15) is 9.90 Å². The Kier molecular flexibility index (Phi) is 8.45. The second-order valence-electron chi connectivity index (χ2n) is 11.2. The van der Waals surface area contributed by atoms with Crippen LogP contribution in [-0.4, -0.2) is 75.2 Å². The van der Waals surface area contributed by atoms with E-state index in [1.54, 1.807) is 12.1 Å². The minimum atomic E-state index is -0.728. The molecule has 2 fully saturated rings. The molecule has 2 aliphatic heterocycles. The van der Waals surface area contributed by atoms with Crippen molar-refractivity contribution in [2.75, 3.05) is 31.7 Å². The molecule has 2 aromatic heterocycles. The van der Waals surface area contributed by atoms with Gasteiger partial charge in [0.25, 0.3) is 0 Å². The number of halogens is 2. The summed E-state index contributed by atoms with van der Waals surface area (Å²) in [6.45, 7) is 12.8. The molecule has 0 bridgehead atoms. The molecule has 9 nitrogen and oxygen atoms in total. The normalized spacial score (nSPS) is 24.1. The molecule has 11 heteroatoms. The Morgan fingerprint density at radius 3 is 2.60 bits per heavy atom. The fraction of sp³-hybridized carbons (Fsp3) is 0.552. The lowest BCUT2D eigenvalue weighted by Crippen LogP contribution is -2.49. The fourth-order valence-corrected chi connectivity index (χ4v) is 6.02. The summed E-state index contributed by atoms with van der Waals surface area (Å²) in [5, 5.41) is 14.1. The number of ether oxygens (including phenoxy) is 2. The lowest BCUT2D eigenvalue weighted by molar-refractivity contribution is -0.0420. The van der Waals surface area contributed by atoms with Crippen LogP contribution in [0.15, 0.2) is 23.1 Å². The summed E-state index contributed by atoms with van der Waals surface area (Å²) in [5.41, 5.74) is 2.54. The van der Waals surface area contributed by atoms with Crippen LogP contribution >= 0.6 is 11.6 Å². The topological polar surface area (TPSA) is 102 Å². The van der Waals surface area contributed by atoms with Gasteiger partial charge in [-0.05, 0) is 53.2 Å². The lowest BCUT2D eigenvalue weighted by atomic mass is 10.0. The fourth-order valence-electron chi connectivity index (χ4n) is 5.77. The third kappa shape index (κ3) is 5.47. The van der Waals surface area contributed by atoms with Crippen molar-refractivity contribution in [3.63, 3.8) is 0 Å². The smallest absolute Gasteiger partial charge is 0.223 e. The average molecular weight is 574 g/mol. The summed E-state index contributed by atoms with van der Waals surface area (Å²) in [7, 11) is 0. The van der Waals surface area contributed by atoms with Crippen LogP contribution in [0.25, 0.3) is 22.2 Å². The number of nitrogens with one attached hydrogen (secondary N) is 1. The predicted octanol–water partition coefficient (Wildman–Crippen LogP) is 4.31. The number of aliphatic hydroxyl groups excluding tert-OH is 1. The number of nitrogens with zero attached hydrogens (tertiary/aromatic N) is 4. The van der Waals surface area contributed by atoms with E-state index in [2.05, 4.69) is 52.4 Å². The first-order valence-corrected chi connectivity index (χ1v) is 14.2. The van der Waals surface area contributed by atoms with Crippen LogP contribution < -0.4 is 10.7 Å². The molecule has 216 valence electrons. The quantitative estimate of drug-likeness (QED) is 0.450. The third-order valence-corrected chi connectivity index (χ3v) is 8.31. The molecule has 0 saturated carbocycles. The minimum absolute atomic E-state index is 0.0139. The van der Waals surface area contributed by atoms with Gasteiger partial charge in [-0.25, -0.2) is 14.4 Å². The second-order valence-corrected chi connectivity index (χ2v) is 11.6. The number of fused-ring (bicyclic) bond motifs is 1. The molecule has 0 unspecified atom stereocenters. The summed E-state index contributed by atoms with van der Waals surface area (Å²) in [4.78, 5) is 24.5. The first kappa shape index (κ1) is 28.9. The summed E-state index contributed by atoms with van der Waals surface area (Å²) < 4.78 is 28.4. The van der Waals surface area contributed by atoms with Crippen LogP contribution in [0, 0.1) is 12.7 Å². The molecule has 4 atom stereocenters. The summed E-state index contributed by atoms with van der Waals surface area (Å²) in [6.07, 6.45) is 0.930. The van der Waals surface area contributed by atoms with Gasteiger partial charge in [-0.15, -0.1) is 0 Å². The minimum Gasteiger partial charge on any atom is -0.389 e. The molecule has 0 radical (unpaired) electrons. The molecule has 3 aromatic rings. The molecule has 0 spiro atoms. The van der Waals surface area contributed by atoms with E-state index in [1.165, 1.54) is 0 Å². The van der Waals surface area contributed by atoms with E-state index >= 15 is 4.39 Å². The van der Waals surface area contributed by atoms with Crippen LogP contribution in [0.1, 0.15) is 51.4 Å². The monoisotopic (exact) mass is 573 g/mol. The van der Waals surface area contributed by atoms with Gasteiger partial charge in [0.15, 0.2) is 11.2 Å². The number of benzene rings is 1. The van der Waals surface area contributed by atoms with Crippen molar-refractivity contribution in [3.8, 4) is 11.3 Å². The van der Waals surface area contributed by atoms with E-state index in [-0.39, 0.29) is 52.9 Å². The molecule has 40 heavy (non-hydrogen) atoms. The maximum atomic E-state index is 15.2. The number of pyridine rings is 1. The highest BCUT2D eigenvalue weighted by Crippen LogP contribution is 2.34. The van der Waals surface area contributed by atoms with Crippen molar-refractivity contribution in [2.45, 2.75) is 77.9 Å². The number of aliphatic hydroxyl groups is 1. The van der Waals surface area contributed by atoms with Crippen molar-refractivity contribution in [1.82, 2.24) is 19.4 Å². The standard InChI is InChI=1S/C29H37ClFN5O4/c1-15(2)36-24-9-19(27-22(31)10-32-29(34-27)33-23-6-7-39-14-26(23)37)21(30)8-20(24)28(38)18(5)25(36)11-35-16(3)12-40-13-17(35)4/h8-10,15-17,23,26,37H,6-7,11-14H2,1-5H3,(H,32,33,34)/t16-,17-,23-,26-/m1/s1. The first-order chi connectivity index (χ1) is 19.1. The van der Waals surface area contributed by atoms with Crippen molar-refractivity contribution < 1.29 is 19.0 Å². The van der Waals surface area contributed by atoms with Gasteiger partial charge in [-0.2, -0.15) is 0 Å².